The molecule has 0 bridgehead atoms. The van der Waals surface area contributed by atoms with Gasteiger partial charge in [-0.1, -0.05) is 30.3 Å². The van der Waals surface area contributed by atoms with Gasteiger partial charge >= 0.3 is 6.61 Å². The van der Waals surface area contributed by atoms with Gasteiger partial charge in [0.05, 0.1) is 11.7 Å². The first-order chi connectivity index (χ1) is 13.3. The number of nitrogens with one attached hydrogen (secondary N) is 2. The lowest BCUT2D eigenvalue weighted by atomic mass is 9.89. The Morgan fingerprint density at radius 1 is 1.14 bits per heavy atom. The second-order valence-electron chi connectivity index (χ2n) is 6.60. The molecule has 0 saturated carbocycles. The van der Waals surface area contributed by atoms with E-state index in [1.165, 1.54) is 6.92 Å². The van der Waals surface area contributed by atoms with Crippen LogP contribution in [-0.4, -0.2) is 17.5 Å². The second kappa shape index (κ2) is 8.06. The van der Waals surface area contributed by atoms with Crippen molar-refractivity contribution >= 4 is 28.8 Å². The Hall–Kier alpha value is -2.80. The fourth-order valence-corrected chi connectivity index (χ4v) is 3.67. The number of benzene rings is 2. The van der Waals surface area contributed by atoms with Gasteiger partial charge in [0.25, 0.3) is 0 Å². The lowest BCUT2D eigenvalue weighted by molar-refractivity contribution is -0.113. The standard InChI is InChI=1S/C21H20F2N2O2S/c1-11-9-15(10-12(2)19(11)27-20(22)23)18-16(13(3)26)17(24-21(28)25-18)14-7-5-4-6-8-14/h4-10,18,20H,1-3H3,(H2,24,25,28)/t18-/m0/s1. The zero-order valence-electron chi connectivity index (χ0n) is 15.7. The molecule has 7 heteroatoms. The number of rotatable bonds is 5. The van der Waals surface area contributed by atoms with Crippen molar-refractivity contribution in [2.24, 2.45) is 0 Å². The molecular weight excluding hydrogens is 382 g/mol. The third kappa shape index (κ3) is 4.04. The molecule has 4 nitrogen and oxygen atoms in total. The van der Waals surface area contributed by atoms with Gasteiger partial charge in [-0.3, -0.25) is 4.79 Å². The van der Waals surface area contributed by atoms with Crippen LogP contribution in [0, 0.1) is 13.8 Å². The number of hydrogen-bond acceptors (Lipinski definition) is 3. The Labute approximate surface area is 167 Å². The molecule has 0 aliphatic carbocycles. The highest BCUT2D eigenvalue weighted by Crippen LogP contribution is 2.35. The van der Waals surface area contributed by atoms with Gasteiger partial charge in [-0.05, 0) is 67.4 Å². The van der Waals surface area contributed by atoms with Gasteiger partial charge in [0.2, 0.25) is 0 Å². The van der Waals surface area contributed by atoms with Crippen molar-refractivity contribution in [3.63, 3.8) is 0 Å². The number of halogens is 2. The summed E-state index contributed by atoms with van der Waals surface area (Å²) in [6, 6.07) is 12.4. The quantitative estimate of drug-likeness (QED) is 0.725. The lowest BCUT2D eigenvalue weighted by Crippen LogP contribution is -2.44. The molecule has 0 aromatic heterocycles. The van der Waals surface area contributed by atoms with Gasteiger partial charge in [-0.25, -0.2) is 0 Å². The zero-order valence-corrected chi connectivity index (χ0v) is 16.5. The maximum absolute atomic E-state index is 12.7. The van der Waals surface area contributed by atoms with Gasteiger partial charge in [0.15, 0.2) is 10.9 Å². The molecule has 0 unspecified atom stereocenters. The van der Waals surface area contributed by atoms with Crippen LogP contribution in [-0.2, 0) is 4.79 Å². The Morgan fingerprint density at radius 2 is 1.75 bits per heavy atom. The van der Waals surface area contributed by atoms with E-state index >= 15 is 0 Å². The number of ketones is 1. The van der Waals surface area contributed by atoms with E-state index in [4.69, 9.17) is 12.2 Å². The van der Waals surface area contributed by atoms with Gasteiger partial charge in [-0.2, -0.15) is 8.78 Å². The molecule has 1 aliphatic rings. The Balaban J connectivity index is 2.14. The largest absolute Gasteiger partial charge is 0.434 e. The topological polar surface area (TPSA) is 50.4 Å². The molecule has 0 spiro atoms. The fraction of sp³-hybridized carbons (Fsp3) is 0.238. The first-order valence-corrected chi connectivity index (χ1v) is 9.12. The maximum Gasteiger partial charge on any atom is 0.387 e. The summed E-state index contributed by atoms with van der Waals surface area (Å²) in [6.07, 6.45) is 0. The summed E-state index contributed by atoms with van der Waals surface area (Å²) in [5.41, 5.74) is 3.88. The molecule has 1 aliphatic heterocycles. The van der Waals surface area contributed by atoms with E-state index in [9.17, 15) is 13.6 Å². The highest BCUT2D eigenvalue weighted by Gasteiger charge is 2.31. The third-order valence-corrected chi connectivity index (χ3v) is 4.76. The van der Waals surface area contributed by atoms with E-state index in [1.807, 2.05) is 30.3 Å². The van der Waals surface area contributed by atoms with Gasteiger partial charge in [0.1, 0.15) is 5.75 Å². The number of carbonyl (C=O) groups excluding carboxylic acids is 1. The summed E-state index contributed by atoms with van der Waals surface area (Å²) in [5.74, 6) is 0.0291. The Bertz CT molecular complexity index is 935. The van der Waals surface area contributed by atoms with Gasteiger partial charge < -0.3 is 15.4 Å². The summed E-state index contributed by atoms with van der Waals surface area (Å²) in [7, 11) is 0. The van der Waals surface area contributed by atoms with Crippen molar-refractivity contribution in [1.82, 2.24) is 10.6 Å². The average molecular weight is 402 g/mol. The first-order valence-electron chi connectivity index (χ1n) is 8.72. The molecule has 28 heavy (non-hydrogen) atoms. The molecule has 2 aromatic carbocycles. The van der Waals surface area contributed by atoms with Crippen molar-refractivity contribution in [2.45, 2.75) is 33.4 Å². The number of carbonyl (C=O) groups is 1. The number of ether oxygens (including phenoxy) is 1. The van der Waals surface area contributed by atoms with Crippen LogP contribution in [0.25, 0.3) is 5.70 Å². The number of alkyl halides is 2. The summed E-state index contributed by atoms with van der Waals surface area (Å²) in [6.45, 7) is 1.99. The van der Waals surface area contributed by atoms with Crippen LogP contribution < -0.4 is 15.4 Å². The Morgan fingerprint density at radius 3 is 2.29 bits per heavy atom. The lowest BCUT2D eigenvalue weighted by Gasteiger charge is -2.32. The third-order valence-electron chi connectivity index (χ3n) is 4.54. The molecule has 2 aromatic rings. The van der Waals surface area contributed by atoms with Crippen LogP contribution in [0.5, 0.6) is 5.75 Å². The van der Waals surface area contributed by atoms with Gasteiger partial charge in [-0.15, -0.1) is 0 Å². The van der Waals surface area contributed by atoms with E-state index < -0.39 is 12.7 Å². The minimum Gasteiger partial charge on any atom is -0.434 e. The SMILES string of the molecule is CC(=O)C1=C(c2ccccc2)NC(=S)N[C@H]1c1cc(C)c(OC(F)F)c(C)c1. The predicted molar refractivity (Wildman–Crippen MR) is 108 cm³/mol. The van der Waals surface area contributed by atoms with E-state index in [0.717, 1.165) is 11.1 Å². The molecule has 0 fully saturated rings. The molecule has 2 N–H and O–H groups in total. The maximum atomic E-state index is 12.7. The highest BCUT2D eigenvalue weighted by atomic mass is 32.1. The molecule has 0 amide bonds. The van der Waals surface area contributed by atoms with Crippen molar-refractivity contribution in [1.29, 1.82) is 0 Å². The molecule has 1 heterocycles. The molecule has 3 rings (SSSR count). The van der Waals surface area contributed by atoms with E-state index in [0.29, 0.717) is 27.5 Å². The predicted octanol–water partition coefficient (Wildman–Crippen LogP) is 4.42. The van der Waals surface area contributed by atoms with Crippen molar-refractivity contribution in [2.75, 3.05) is 0 Å². The molecule has 146 valence electrons. The van der Waals surface area contributed by atoms with Crippen molar-refractivity contribution in [3.05, 3.63) is 70.3 Å². The monoisotopic (exact) mass is 402 g/mol. The summed E-state index contributed by atoms with van der Waals surface area (Å²) in [5, 5.41) is 6.60. The summed E-state index contributed by atoms with van der Waals surface area (Å²) >= 11 is 5.36. The first kappa shape index (κ1) is 19.9. The normalized spacial score (nSPS) is 16.6. The fourth-order valence-electron chi connectivity index (χ4n) is 3.45. The van der Waals surface area contributed by atoms with E-state index in [1.54, 1.807) is 26.0 Å². The zero-order chi connectivity index (χ0) is 20.4. The number of hydrogen-bond donors (Lipinski definition) is 2. The van der Waals surface area contributed by atoms with Crippen LogP contribution in [0.2, 0.25) is 0 Å². The second-order valence-corrected chi connectivity index (χ2v) is 7.01. The smallest absolute Gasteiger partial charge is 0.387 e. The van der Waals surface area contributed by atoms with Crippen LogP contribution in [0.4, 0.5) is 8.78 Å². The number of aryl methyl sites for hydroxylation is 2. The van der Waals surface area contributed by atoms with Gasteiger partial charge in [0, 0.05) is 5.57 Å². The molecule has 1 atom stereocenters. The van der Waals surface area contributed by atoms with E-state index in [-0.39, 0.29) is 11.5 Å². The van der Waals surface area contributed by atoms with Crippen LogP contribution in [0.1, 0.15) is 35.2 Å². The van der Waals surface area contributed by atoms with E-state index in [2.05, 4.69) is 15.4 Å². The average Bonchev–Trinajstić information content (AvgIpc) is 2.64. The molecular formula is C21H20F2N2O2S. The highest BCUT2D eigenvalue weighted by molar-refractivity contribution is 7.80. The minimum absolute atomic E-state index is 0.116. The number of Topliss-reactive ketones (excluding diaryl/α,β-unsaturated/α-hetero) is 1. The summed E-state index contributed by atoms with van der Waals surface area (Å²) in [4.78, 5) is 12.6. The molecule has 0 saturated heterocycles. The molecule has 0 radical (unpaired) electrons. The van der Waals surface area contributed by atoms with Crippen LogP contribution in [0.3, 0.4) is 0 Å². The van der Waals surface area contributed by atoms with Crippen molar-refractivity contribution in [3.8, 4) is 5.75 Å². The number of thiocarbonyl (C=S) groups is 1. The van der Waals surface area contributed by atoms with Crippen molar-refractivity contribution < 1.29 is 18.3 Å². The van der Waals surface area contributed by atoms with Crippen LogP contribution in [0.15, 0.2) is 48.0 Å². The minimum atomic E-state index is -2.90. The van der Waals surface area contributed by atoms with Crippen LogP contribution >= 0.6 is 12.2 Å². The summed E-state index contributed by atoms with van der Waals surface area (Å²) < 4.78 is 30.0. The Kier molecular flexibility index (Phi) is 5.74.